The second kappa shape index (κ2) is 3.21. The number of nitrogens with one attached hydrogen (secondary N) is 1. The van der Waals surface area contributed by atoms with Crippen LogP contribution in [0.15, 0.2) is 0 Å². The van der Waals surface area contributed by atoms with Crippen LogP contribution in [0.2, 0.25) is 0 Å². The number of aromatic amines is 1. The fourth-order valence-corrected chi connectivity index (χ4v) is 0.899. The van der Waals surface area contributed by atoms with Gasteiger partial charge in [-0.25, -0.2) is 4.79 Å². The van der Waals surface area contributed by atoms with E-state index in [9.17, 15) is 14.9 Å². The van der Waals surface area contributed by atoms with E-state index in [0.717, 1.165) is 7.11 Å². The molecule has 0 aromatic carbocycles. The maximum Gasteiger partial charge on any atom is 0.357 e. The van der Waals surface area contributed by atoms with Gasteiger partial charge in [0.2, 0.25) is 0 Å². The number of carbonyl (C=O) groups excluding carboxylic acids is 1. The van der Waals surface area contributed by atoms with Gasteiger partial charge in [0.15, 0.2) is 5.56 Å². The fourth-order valence-electron chi connectivity index (χ4n) is 0.899. The molecule has 7 nitrogen and oxygen atoms in total. The Hall–Kier alpha value is -1.92. The Labute approximate surface area is 72.9 Å². The van der Waals surface area contributed by atoms with E-state index >= 15 is 0 Å². The van der Waals surface area contributed by atoms with Crippen molar-refractivity contribution in [2.45, 2.75) is 6.92 Å². The summed E-state index contributed by atoms with van der Waals surface area (Å²) in [7, 11) is 1.15. The highest BCUT2D eigenvalue weighted by molar-refractivity contribution is 5.94. The number of hydrogen-bond acceptors (Lipinski definition) is 5. The summed E-state index contributed by atoms with van der Waals surface area (Å²) in [6.07, 6.45) is 0. The van der Waals surface area contributed by atoms with Gasteiger partial charge in [-0.15, -0.1) is 5.10 Å². The van der Waals surface area contributed by atoms with Crippen molar-refractivity contribution in [1.29, 1.82) is 0 Å². The van der Waals surface area contributed by atoms with Gasteiger partial charge in [-0.3, -0.25) is 0 Å². The Morgan fingerprint density at radius 1 is 1.69 bits per heavy atom. The summed E-state index contributed by atoms with van der Waals surface area (Å²) in [5.74, 6) is -1.21. The summed E-state index contributed by atoms with van der Waals surface area (Å²) in [6, 6.07) is 0. The third-order valence-electron chi connectivity index (χ3n) is 1.50. The summed E-state index contributed by atoms with van der Waals surface area (Å²) < 4.78 is 4.36. The molecular weight excluding hydrogens is 178 g/mol. The quantitative estimate of drug-likeness (QED) is 0.408. The monoisotopic (exact) mass is 185 g/mol. The van der Waals surface area contributed by atoms with Gasteiger partial charge < -0.3 is 14.9 Å². The van der Waals surface area contributed by atoms with Gasteiger partial charge in [0, 0.05) is 0 Å². The van der Waals surface area contributed by atoms with E-state index in [4.69, 9.17) is 0 Å². The van der Waals surface area contributed by atoms with Gasteiger partial charge in [-0.05, 0) is 11.8 Å². The molecule has 0 aliphatic rings. The third kappa shape index (κ3) is 1.48. The van der Waals surface area contributed by atoms with Crippen LogP contribution in [-0.2, 0) is 4.74 Å². The van der Waals surface area contributed by atoms with Crippen LogP contribution in [-0.4, -0.2) is 28.2 Å². The highest BCUT2D eigenvalue weighted by atomic mass is 16.6. The van der Waals surface area contributed by atoms with Crippen molar-refractivity contribution < 1.29 is 14.5 Å². The van der Waals surface area contributed by atoms with Crippen molar-refractivity contribution in [2.24, 2.45) is 0 Å². The average Bonchev–Trinajstić information content (AvgIpc) is 2.46. The molecule has 70 valence electrons. The van der Waals surface area contributed by atoms with Crippen LogP contribution in [0.5, 0.6) is 0 Å². The van der Waals surface area contributed by atoms with Gasteiger partial charge in [0.05, 0.1) is 7.11 Å². The van der Waals surface area contributed by atoms with Crippen LogP contribution in [0.3, 0.4) is 0 Å². The molecule has 1 aromatic rings. The zero-order valence-corrected chi connectivity index (χ0v) is 7.03. The first-order valence-electron chi connectivity index (χ1n) is 3.35. The molecule has 0 spiro atoms. The molecular formula is C6H7N3O4. The molecule has 1 heterocycles. The van der Waals surface area contributed by atoms with E-state index < -0.39 is 16.7 Å². The molecule has 0 atom stereocenters. The number of hydrogen-bond donors (Lipinski definition) is 1. The van der Waals surface area contributed by atoms with Crippen molar-refractivity contribution in [3.8, 4) is 0 Å². The normalized spacial score (nSPS) is 9.69. The lowest BCUT2D eigenvalue weighted by molar-refractivity contribution is -0.389. The molecule has 1 rings (SSSR count). The first-order valence-corrected chi connectivity index (χ1v) is 3.35. The minimum absolute atomic E-state index is 0.132. The first-order chi connectivity index (χ1) is 6.07. The second-order valence-corrected chi connectivity index (χ2v) is 2.28. The van der Waals surface area contributed by atoms with Crippen molar-refractivity contribution in [3.05, 3.63) is 21.4 Å². The second-order valence-electron chi connectivity index (χ2n) is 2.28. The smallest absolute Gasteiger partial charge is 0.357 e. The van der Waals surface area contributed by atoms with E-state index in [0.29, 0.717) is 0 Å². The Bertz CT molecular complexity index is 357. The van der Waals surface area contributed by atoms with Crippen LogP contribution in [0.25, 0.3) is 0 Å². The predicted octanol–water partition coefficient (Wildman–Crippen LogP) is 0.413. The van der Waals surface area contributed by atoms with Gasteiger partial charge in [-0.2, -0.15) is 0 Å². The zero-order chi connectivity index (χ0) is 10.0. The van der Waals surface area contributed by atoms with E-state index in [2.05, 4.69) is 14.9 Å². The summed E-state index contributed by atoms with van der Waals surface area (Å²) in [5, 5.41) is 16.1. The average molecular weight is 185 g/mol. The number of methoxy groups -OCH3 is 1. The zero-order valence-electron chi connectivity index (χ0n) is 7.03. The standard InChI is InChI=1S/C6H7N3O4/c1-3-4(6(10)13-2)5(8-7-3)9(11)12/h1-2H3,(H,7,8). The molecule has 1 aromatic heterocycles. The van der Waals surface area contributed by atoms with Gasteiger partial charge in [-0.1, -0.05) is 5.10 Å². The number of H-pyrrole nitrogens is 1. The fraction of sp³-hybridized carbons (Fsp3) is 0.333. The Kier molecular flexibility index (Phi) is 2.27. The highest BCUT2D eigenvalue weighted by Crippen LogP contribution is 2.18. The number of rotatable bonds is 2. The van der Waals surface area contributed by atoms with Crippen LogP contribution in [0.1, 0.15) is 16.1 Å². The summed E-state index contributed by atoms with van der Waals surface area (Å²) in [5.41, 5.74) is 0.117. The van der Waals surface area contributed by atoms with E-state index in [1.807, 2.05) is 0 Å². The molecule has 0 amide bonds. The predicted molar refractivity (Wildman–Crippen MR) is 41.3 cm³/mol. The summed E-state index contributed by atoms with van der Waals surface area (Å²) in [4.78, 5) is 20.7. The number of aryl methyl sites for hydroxylation is 1. The minimum Gasteiger partial charge on any atom is -0.465 e. The lowest BCUT2D eigenvalue weighted by Crippen LogP contribution is -2.05. The van der Waals surface area contributed by atoms with Crippen molar-refractivity contribution in [1.82, 2.24) is 10.2 Å². The van der Waals surface area contributed by atoms with E-state index in [-0.39, 0.29) is 11.3 Å². The molecule has 1 N–H and O–H groups in total. The molecule has 7 heteroatoms. The molecule has 0 aliphatic heterocycles. The topological polar surface area (TPSA) is 98.1 Å². The highest BCUT2D eigenvalue weighted by Gasteiger charge is 2.26. The van der Waals surface area contributed by atoms with E-state index in [1.165, 1.54) is 6.92 Å². The van der Waals surface area contributed by atoms with Crippen LogP contribution in [0.4, 0.5) is 5.82 Å². The van der Waals surface area contributed by atoms with Crippen molar-refractivity contribution in [3.63, 3.8) is 0 Å². The SMILES string of the molecule is COC(=O)c1c(C)n[nH]c1[N+](=O)[O-]. The van der Waals surface area contributed by atoms with Crippen molar-refractivity contribution >= 4 is 11.8 Å². The maximum atomic E-state index is 11.0. The van der Waals surface area contributed by atoms with Crippen LogP contribution < -0.4 is 0 Å². The van der Waals surface area contributed by atoms with Crippen molar-refractivity contribution in [2.75, 3.05) is 7.11 Å². The molecule has 0 unspecified atom stereocenters. The number of esters is 1. The summed E-state index contributed by atoms with van der Waals surface area (Å²) in [6.45, 7) is 1.48. The Balaban J connectivity index is 3.24. The van der Waals surface area contributed by atoms with Gasteiger partial charge in [0.25, 0.3) is 0 Å². The molecule has 0 saturated heterocycles. The third-order valence-corrected chi connectivity index (χ3v) is 1.50. The number of carbonyl (C=O) groups is 1. The molecule has 0 saturated carbocycles. The molecule has 13 heavy (non-hydrogen) atoms. The number of aromatic nitrogens is 2. The largest absolute Gasteiger partial charge is 0.465 e. The van der Waals surface area contributed by atoms with Crippen LogP contribution in [0, 0.1) is 17.0 Å². The maximum absolute atomic E-state index is 11.0. The van der Waals surface area contributed by atoms with Gasteiger partial charge >= 0.3 is 11.8 Å². The Morgan fingerprint density at radius 3 is 2.77 bits per heavy atom. The van der Waals surface area contributed by atoms with Gasteiger partial charge in [0.1, 0.15) is 5.69 Å². The minimum atomic E-state index is -0.766. The number of nitrogens with zero attached hydrogens (tertiary/aromatic N) is 2. The first kappa shape index (κ1) is 9.17. The lowest BCUT2D eigenvalue weighted by atomic mass is 10.2. The van der Waals surface area contributed by atoms with E-state index in [1.54, 1.807) is 0 Å². The van der Waals surface area contributed by atoms with Crippen LogP contribution >= 0.6 is 0 Å². The Morgan fingerprint density at radius 2 is 2.31 bits per heavy atom. The molecule has 0 fully saturated rings. The summed E-state index contributed by atoms with van der Waals surface area (Å²) >= 11 is 0. The molecule has 0 bridgehead atoms. The number of ether oxygens (including phenoxy) is 1. The molecule has 0 radical (unpaired) electrons. The number of nitro groups is 1. The lowest BCUT2D eigenvalue weighted by Gasteiger charge is -1.96. The molecule has 0 aliphatic carbocycles.